The van der Waals surface area contributed by atoms with Gasteiger partial charge in [-0.15, -0.1) is 0 Å². The SMILES string of the molecule is COC(=O)c1cccc2c1CCCN2C(=O)c1ccc(Br)cc1F. The Morgan fingerprint density at radius 2 is 2.00 bits per heavy atom. The number of nitrogens with zero attached hydrogens (tertiary/aromatic N) is 1. The molecule has 0 fully saturated rings. The minimum atomic E-state index is -0.578. The lowest BCUT2D eigenvalue weighted by molar-refractivity contribution is 0.0599. The maximum atomic E-state index is 14.1. The Labute approximate surface area is 147 Å². The van der Waals surface area contributed by atoms with Crippen LogP contribution in [0, 0.1) is 5.82 Å². The van der Waals surface area contributed by atoms with Crippen molar-refractivity contribution in [3.63, 3.8) is 0 Å². The van der Waals surface area contributed by atoms with E-state index >= 15 is 0 Å². The molecule has 124 valence electrons. The lowest BCUT2D eigenvalue weighted by Gasteiger charge is -2.30. The Morgan fingerprint density at radius 1 is 1.21 bits per heavy atom. The van der Waals surface area contributed by atoms with Crippen molar-refractivity contribution in [3.05, 3.63) is 63.4 Å². The van der Waals surface area contributed by atoms with Crippen LogP contribution in [0.4, 0.5) is 10.1 Å². The van der Waals surface area contributed by atoms with Gasteiger partial charge in [-0.3, -0.25) is 4.79 Å². The molecule has 24 heavy (non-hydrogen) atoms. The lowest BCUT2D eigenvalue weighted by Crippen LogP contribution is -2.36. The molecular weight excluding hydrogens is 377 g/mol. The molecule has 0 unspecified atom stereocenters. The maximum absolute atomic E-state index is 14.1. The summed E-state index contributed by atoms with van der Waals surface area (Å²) < 4.78 is 19.5. The average molecular weight is 392 g/mol. The van der Waals surface area contributed by atoms with Gasteiger partial charge in [0.1, 0.15) is 5.82 Å². The fraction of sp³-hybridized carbons (Fsp3) is 0.222. The van der Waals surface area contributed by atoms with E-state index in [-0.39, 0.29) is 5.56 Å². The predicted molar refractivity (Wildman–Crippen MR) is 91.9 cm³/mol. The first kappa shape index (κ1) is 16.6. The van der Waals surface area contributed by atoms with Gasteiger partial charge < -0.3 is 9.64 Å². The zero-order valence-corrected chi connectivity index (χ0v) is 14.6. The molecule has 6 heteroatoms. The van der Waals surface area contributed by atoms with E-state index < -0.39 is 17.7 Å². The number of hydrogen-bond acceptors (Lipinski definition) is 3. The third kappa shape index (κ3) is 2.94. The van der Waals surface area contributed by atoms with Crippen molar-refractivity contribution >= 4 is 33.5 Å². The van der Waals surface area contributed by atoms with Crippen LogP contribution in [-0.2, 0) is 11.2 Å². The zero-order valence-electron chi connectivity index (χ0n) is 13.0. The second kappa shape index (κ2) is 6.73. The smallest absolute Gasteiger partial charge is 0.338 e. The Balaban J connectivity index is 2.03. The highest BCUT2D eigenvalue weighted by Gasteiger charge is 2.28. The number of amides is 1. The molecule has 0 aliphatic carbocycles. The number of rotatable bonds is 2. The highest BCUT2D eigenvalue weighted by molar-refractivity contribution is 9.10. The van der Waals surface area contributed by atoms with Gasteiger partial charge in [-0.25, -0.2) is 9.18 Å². The molecule has 1 heterocycles. The fourth-order valence-corrected chi connectivity index (χ4v) is 3.28. The minimum Gasteiger partial charge on any atom is -0.465 e. The molecule has 1 amide bonds. The number of carbonyl (C=O) groups is 2. The Kier molecular flexibility index (Phi) is 4.66. The third-order valence-corrected chi connectivity index (χ3v) is 4.56. The zero-order chi connectivity index (χ0) is 17.3. The van der Waals surface area contributed by atoms with Crippen LogP contribution in [0.2, 0.25) is 0 Å². The first-order valence-electron chi connectivity index (χ1n) is 7.50. The fourth-order valence-electron chi connectivity index (χ4n) is 2.95. The summed E-state index contributed by atoms with van der Waals surface area (Å²) in [5.41, 5.74) is 1.86. The van der Waals surface area contributed by atoms with Crippen LogP contribution in [0.5, 0.6) is 0 Å². The van der Waals surface area contributed by atoms with E-state index in [2.05, 4.69) is 15.9 Å². The Morgan fingerprint density at radius 3 is 2.71 bits per heavy atom. The van der Waals surface area contributed by atoms with Crippen LogP contribution < -0.4 is 4.90 Å². The van der Waals surface area contributed by atoms with Crippen molar-refractivity contribution in [2.75, 3.05) is 18.6 Å². The number of hydrogen-bond donors (Lipinski definition) is 0. The molecule has 0 bridgehead atoms. The van der Waals surface area contributed by atoms with E-state index in [9.17, 15) is 14.0 Å². The van der Waals surface area contributed by atoms with Gasteiger partial charge in [0.25, 0.3) is 5.91 Å². The maximum Gasteiger partial charge on any atom is 0.338 e. The summed E-state index contributed by atoms with van der Waals surface area (Å²) in [4.78, 5) is 26.3. The molecule has 0 saturated heterocycles. The number of anilines is 1. The third-order valence-electron chi connectivity index (χ3n) is 4.06. The van der Waals surface area contributed by atoms with Gasteiger partial charge in [-0.2, -0.15) is 0 Å². The van der Waals surface area contributed by atoms with E-state index in [0.717, 1.165) is 5.56 Å². The standard InChI is InChI=1S/C18H15BrFNO3/c1-24-18(23)13-4-2-6-16-12(13)5-3-9-21(16)17(22)14-8-7-11(19)10-15(14)20/h2,4,6-8,10H,3,5,9H2,1H3. The second-order valence-electron chi connectivity index (χ2n) is 5.48. The van der Waals surface area contributed by atoms with Crippen LogP contribution in [0.15, 0.2) is 40.9 Å². The first-order chi connectivity index (χ1) is 11.5. The number of benzene rings is 2. The number of fused-ring (bicyclic) bond motifs is 1. The monoisotopic (exact) mass is 391 g/mol. The molecule has 1 aliphatic heterocycles. The summed E-state index contributed by atoms with van der Waals surface area (Å²) >= 11 is 3.18. The van der Waals surface area contributed by atoms with Gasteiger partial charge in [0, 0.05) is 16.7 Å². The molecule has 1 aliphatic rings. The molecule has 0 saturated carbocycles. The van der Waals surface area contributed by atoms with Crippen molar-refractivity contribution in [1.29, 1.82) is 0 Å². The predicted octanol–water partition coefficient (Wildman–Crippen LogP) is 3.97. The molecule has 0 atom stereocenters. The van der Waals surface area contributed by atoms with E-state index in [1.54, 1.807) is 24.3 Å². The molecule has 2 aromatic carbocycles. The summed E-state index contributed by atoms with van der Waals surface area (Å²) in [6.45, 7) is 0.478. The van der Waals surface area contributed by atoms with Crippen LogP contribution in [-0.4, -0.2) is 25.5 Å². The van der Waals surface area contributed by atoms with Crippen LogP contribution in [0.1, 0.15) is 32.7 Å². The van der Waals surface area contributed by atoms with Crippen molar-refractivity contribution in [2.45, 2.75) is 12.8 Å². The van der Waals surface area contributed by atoms with Gasteiger partial charge in [-0.1, -0.05) is 22.0 Å². The topological polar surface area (TPSA) is 46.6 Å². The molecule has 4 nitrogen and oxygen atoms in total. The Bertz CT molecular complexity index is 822. The number of esters is 1. The van der Waals surface area contributed by atoms with Crippen molar-refractivity contribution in [2.24, 2.45) is 0 Å². The Hall–Kier alpha value is -2.21. The van der Waals surface area contributed by atoms with E-state index in [0.29, 0.717) is 35.1 Å². The summed E-state index contributed by atoms with van der Waals surface area (Å²) in [5.74, 6) is -1.43. The lowest BCUT2D eigenvalue weighted by atomic mass is 9.95. The van der Waals surface area contributed by atoms with Gasteiger partial charge in [-0.05, 0) is 48.7 Å². The highest BCUT2D eigenvalue weighted by Crippen LogP contribution is 2.32. The van der Waals surface area contributed by atoms with E-state index in [4.69, 9.17) is 4.74 Å². The molecule has 0 radical (unpaired) electrons. The molecule has 2 aromatic rings. The van der Waals surface area contributed by atoms with Gasteiger partial charge in [0.2, 0.25) is 0 Å². The van der Waals surface area contributed by atoms with Crippen molar-refractivity contribution in [1.82, 2.24) is 0 Å². The van der Waals surface area contributed by atoms with Crippen LogP contribution in [0.25, 0.3) is 0 Å². The normalized spacial score (nSPS) is 13.4. The summed E-state index contributed by atoms with van der Waals surface area (Å²) in [7, 11) is 1.32. The quantitative estimate of drug-likeness (QED) is 0.727. The average Bonchev–Trinajstić information content (AvgIpc) is 2.59. The van der Waals surface area contributed by atoms with Crippen molar-refractivity contribution in [3.8, 4) is 0 Å². The van der Waals surface area contributed by atoms with Gasteiger partial charge in [0.05, 0.1) is 18.2 Å². The van der Waals surface area contributed by atoms with Gasteiger partial charge in [0.15, 0.2) is 0 Å². The van der Waals surface area contributed by atoms with Crippen LogP contribution in [0.3, 0.4) is 0 Å². The van der Waals surface area contributed by atoms with E-state index in [1.165, 1.54) is 24.1 Å². The molecule has 3 rings (SSSR count). The summed E-state index contributed by atoms with van der Waals surface area (Å²) in [5, 5.41) is 0. The molecule has 0 spiro atoms. The minimum absolute atomic E-state index is 0.00882. The second-order valence-corrected chi connectivity index (χ2v) is 6.40. The van der Waals surface area contributed by atoms with Crippen molar-refractivity contribution < 1.29 is 18.7 Å². The number of halogens is 2. The molecular formula is C18H15BrFNO3. The summed E-state index contributed by atoms with van der Waals surface area (Å²) in [6, 6.07) is 9.51. The molecule has 0 N–H and O–H groups in total. The largest absolute Gasteiger partial charge is 0.465 e. The summed E-state index contributed by atoms with van der Waals surface area (Å²) in [6.07, 6.45) is 1.37. The van der Waals surface area contributed by atoms with Crippen LogP contribution >= 0.6 is 15.9 Å². The number of methoxy groups -OCH3 is 1. The highest BCUT2D eigenvalue weighted by atomic mass is 79.9. The number of carbonyl (C=O) groups excluding carboxylic acids is 2. The van der Waals surface area contributed by atoms with E-state index in [1.807, 2.05) is 0 Å². The molecule has 0 aromatic heterocycles. The van der Waals surface area contributed by atoms with Gasteiger partial charge >= 0.3 is 5.97 Å². The first-order valence-corrected chi connectivity index (χ1v) is 8.29. The number of ether oxygens (including phenoxy) is 1.